The topological polar surface area (TPSA) is 91.4 Å². The number of amides is 1. The fraction of sp³-hybridized carbons (Fsp3) is 0.625. The summed E-state index contributed by atoms with van der Waals surface area (Å²) in [6.45, 7) is 3.79. The van der Waals surface area contributed by atoms with Gasteiger partial charge in [-0.3, -0.25) is 14.4 Å². The maximum absolute atomic E-state index is 13.2. The van der Waals surface area contributed by atoms with Crippen LogP contribution in [0.1, 0.15) is 51.0 Å². The first-order valence-corrected chi connectivity index (χ1v) is 11.6. The molecule has 0 aromatic heterocycles. The molecule has 1 aliphatic carbocycles. The maximum atomic E-state index is 13.2. The van der Waals surface area contributed by atoms with E-state index in [1.165, 1.54) is 0 Å². The zero-order chi connectivity index (χ0) is 22.6. The highest BCUT2D eigenvalue weighted by molar-refractivity contribution is 5.87. The molecule has 8 nitrogen and oxygen atoms in total. The predicted molar refractivity (Wildman–Crippen MR) is 114 cm³/mol. The summed E-state index contributed by atoms with van der Waals surface area (Å²) in [7, 11) is 0. The molecular weight excluding hydrogens is 414 g/mol. The summed E-state index contributed by atoms with van der Waals surface area (Å²) in [5.74, 6) is 0.376. The van der Waals surface area contributed by atoms with Crippen LogP contribution in [-0.2, 0) is 29.3 Å². The van der Waals surface area contributed by atoms with Crippen molar-refractivity contribution in [2.45, 2.75) is 50.9 Å². The molecule has 1 saturated carbocycles. The van der Waals surface area contributed by atoms with Crippen molar-refractivity contribution < 1.29 is 33.3 Å². The van der Waals surface area contributed by atoms with Gasteiger partial charge in [0.25, 0.3) is 5.91 Å². The highest BCUT2D eigenvalue weighted by Gasteiger charge is 2.45. The van der Waals surface area contributed by atoms with Crippen LogP contribution >= 0.6 is 0 Å². The number of fused-ring (bicyclic) bond motifs is 1. The van der Waals surface area contributed by atoms with Gasteiger partial charge in [-0.1, -0.05) is 18.9 Å². The number of carbonyl (C=O) groups excluding carboxylic acids is 3. The number of likely N-dealkylation sites (tertiary alicyclic amines) is 1. The average molecular weight is 446 g/mol. The van der Waals surface area contributed by atoms with Gasteiger partial charge in [0.1, 0.15) is 13.2 Å². The SMILES string of the molecule is CCOC(=O)C1CCN(C(=O)COC(=O)C2(c3ccc4c(c3)OCCO4)CCCC2)CC1. The molecular formula is C24H31NO7. The van der Waals surface area contributed by atoms with Crippen LogP contribution in [0.4, 0.5) is 0 Å². The zero-order valence-electron chi connectivity index (χ0n) is 18.6. The molecule has 1 aromatic carbocycles. The molecule has 0 spiro atoms. The van der Waals surface area contributed by atoms with Crippen molar-refractivity contribution in [1.29, 1.82) is 0 Å². The maximum Gasteiger partial charge on any atom is 0.317 e. The van der Waals surface area contributed by atoms with E-state index in [0.29, 0.717) is 70.1 Å². The van der Waals surface area contributed by atoms with E-state index in [0.717, 1.165) is 18.4 Å². The van der Waals surface area contributed by atoms with Gasteiger partial charge in [-0.05, 0) is 50.3 Å². The second-order valence-corrected chi connectivity index (χ2v) is 8.63. The fourth-order valence-corrected chi connectivity index (χ4v) is 4.91. The molecule has 0 N–H and O–H groups in total. The number of nitrogens with zero attached hydrogens (tertiary/aromatic N) is 1. The molecule has 0 radical (unpaired) electrons. The van der Waals surface area contributed by atoms with Gasteiger partial charge in [-0.15, -0.1) is 0 Å². The number of hydrogen-bond acceptors (Lipinski definition) is 7. The van der Waals surface area contributed by atoms with E-state index in [-0.39, 0.29) is 30.4 Å². The number of benzene rings is 1. The Morgan fingerprint density at radius 1 is 1.03 bits per heavy atom. The Labute approximate surface area is 188 Å². The lowest BCUT2D eigenvalue weighted by atomic mass is 9.78. The lowest BCUT2D eigenvalue weighted by Gasteiger charge is -2.32. The molecule has 2 heterocycles. The number of ether oxygens (including phenoxy) is 4. The lowest BCUT2D eigenvalue weighted by Crippen LogP contribution is -2.43. The first-order valence-electron chi connectivity index (χ1n) is 11.6. The summed E-state index contributed by atoms with van der Waals surface area (Å²) >= 11 is 0. The summed E-state index contributed by atoms with van der Waals surface area (Å²) < 4.78 is 21.9. The van der Waals surface area contributed by atoms with E-state index in [9.17, 15) is 14.4 Å². The van der Waals surface area contributed by atoms with Crippen molar-refractivity contribution in [3.8, 4) is 11.5 Å². The molecule has 2 aliphatic heterocycles. The van der Waals surface area contributed by atoms with E-state index < -0.39 is 5.41 Å². The highest BCUT2D eigenvalue weighted by atomic mass is 16.6. The van der Waals surface area contributed by atoms with Crippen LogP contribution in [0.5, 0.6) is 11.5 Å². The lowest BCUT2D eigenvalue weighted by molar-refractivity contribution is -0.158. The van der Waals surface area contributed by atoms with Crippen LogP contribution in [0.15, 0.2) is 18.2 Å². The average Bonchev–Trinajstić information content (AvgIpc) is 3.33. The highest BCUT2D eigenvalue weighted by Crippen LogP contribution is 2.45. The number of piperidine rings is 1. The van der Waals surface area contributed by atoms with Gasteiger partial charge >= 0.3 is 11.9 Å². The molecule has 8 heteroatoms. The summed E-state index contributed by atoms with van der Waals surface area (Å²) in [5, 5.41) is 0. The molecule has 174 valence electrons. The Morgan fingerprint density at radius 3 is 2.41 bits per heavy atom. The third kappa shape index (κ3) is 4.54. The van der Waals surface area contributed by atoms with Gasteiger partial charge in [0.15, 0.2) is 18.1 Å². The third-order valence-electron chi connectivity index (χ3n) is 6.74. The molecule has 3 aliphatic rings. The predicted octanol–water partition coefficient (Wildman–Crippen LogP) is 2.61. The molecule has 2 fully saturated rings. The molecule has 32 heavy (non-hydrogen) atoms. The Hall–Kier alpha value is -2.77. The molecule has 1 aromatic rings. The molecule has 1 saturated heterocycles. The third-order valence-corrected chi connectivity index (χ3v) is 6.74. The van der Waals surface area contributed by atoms with Crippen molar-refractivity contribution >= 4 is 17.8 Å². The standard InChI is InChI=1S/C24H31NO7/c1-2-29-22(27)17-7-11-25(12-8-17)21(26)16-32-23(28)24(9-3-4-10-24)18-5-6-19-20(15-18)31-14-13-30-19/h5-6,15,17H,2-4,7-14,16H2,1H3. The van der Waals surface area contributed by atoms with Gasteiger partial charge in [0.05, 0.1) is 17.9 Å². The monoisotopic (exact) mass is 445 g/mol. The van der Waals surface area contributed by atoms with E-state index in [2.05, 4.69) is 0 Å². The fourth-order valence-electron chi connectivity index (χ4n) is 4.91. The molecule has 1 amide bonds. The van der Waals surface area contributed by atoms with Crippen molar-refractivity contribution in [3.05, 3.63) is 23.8 Å². The second kappa shape index (κ2) is 9.79. The van der Waals surface area contributed by atoms with E-state index in [1.807, 2.05) is 18.2 Å². The Bertz CT molecular complexity index is 854. The second-order valence-electron chi connectivity index (χ2n) is 8.63. The largest absolute Gasteiger partial charge is 0.486 e. The number of rotatable bonds is 6. The van der Waals surface area contributed by atoms with Crippen molar-refractivity contribution in [2.75, 3.05) is 39.5 Å². The van der Waals surface area contributed by atoms with Gasteiger partial charge in [0.2, 0.25) is 0 Å². The van der Waals surface area contributed by atoms with Crippen LogP contribution in [0.25, 0.3) is 0 Å². The van der Waals surface area contributed by atoms with Gasteiger partial charge in [0, 0.05) is 13.1 Å². The van der Waals surface area contributed by atoms with Crippen molar-refractivity contribution in [1.82, 2.24) is 4.90 Å². The first kappa shape index (κ1) is 22.4. The number of carbonyl (C=O) groups is 3. The summed E-state index contributed by atoms with van der Waals surface area (Å²) in [6, 6.07) is 5.63. The minimum atomic E-state index is -0.757. The van der Waals surface area contributed by atoms with Crippen LogP contribution in [0.2, 0.25) is 0 Å². The summed E-state index contributed by atoms with van der Waals surface area (Å²) in [6.07, 6.45) is 4.37. The van der Waals surface area contributed by atoms with Gasteiger partial charge < -0.3 is 23.8 Å². The number of esters is 2. The van der Waals surface area contributed by atoms with Crippen LogP contribution in [-0.4, -0.2) is 62.3 Å². The number of hydrogen-bond donors (Lipinski definition) is 0. The van der Waals surface area contributed by atoms with Gasteiger partial charge in [-0.25, -0.2) is 0 Å². The molecule has 0 unspecified atom stereocenters. The molecule has 0 atom stereocenters. The van der Waals surface area contributed by atoms with E-state index >= 15 is 0 Å². The zero-order valence-corrected chi connectivity index (χ0v) is 18.6. The minimum Gasteiger partial charge on any atom is -0.486 e. The van der Waals surface area contributed by atoms with Crippen molar-refractivity contribution in [3.63, 3.8) is 0 Å². The Balaban J connectivity index is 1.36. The summed E-state index contributed by atoms with van der Waals surface area (Å²) in [4.78, 5) is 39.4. The first-order chi connectivity index (χ1) is 15.5. The van der Waals surface area contributed by atoms with Crippen molar-refractivity contribution in [2.24, 2.45) is 5.92 Å². The van der Waals surface area contributed by atoms with E-state index in [4.69, 9.17) is 18.9 Å². The van der Waals surface area contributed by atoms with Crippen LogP contribution in [0.3, 0.4) is 0 Å². The van der Waals surface area contributed by atoms with Gasteiger partial charge in [-0.2, -0.15) is 0 Å². The minimum absolute atomic E-state index is 0.168. The van der Waals surface area contributed by atoms with Crippen LogP contribution in [0, 0.1) is 5.92 Å². The Morgan fingerprint density at radius 2 is 1.72 bits per heavy atom. The smallest absolute Gasteiger partial charge is 0.317 e. The molecule has 0 bridgehead atoms. The molecule has 4 rings (SSSR count). The summed E-state index contributed by atoms with van der Waals surface area (Å²) in [5.41, 5.74) is 0.0967. The normalized spacial score (nSPS) is 20.0. The quantitative estimate of drug-likeness (QED) is 0.622. The Kier molecular flexibility index (Phi) is 6.86. The van der Waals surface area contributed by atoms with Crippen LogP contribution < -0.4 is 9.47 Å². The van der Waals surface area contributed by atoms with E-state index in [1.54, 1.807) is 11.8 Å².